The fourth-order valence-electron chi connectivity index (χ4n) is 4.32. The molecule has 2 nitrogen and oxygen atoms in total. The molecule has 0 saturated carbocycles. The van der Waals surface area contributed by atoms with Crippen molar-refractivity contribution in [2.24, 2.45) is 5.41 Å². The number of hydrogen-bond acceptors (Lipinski definition) is 2. The second kappa shape index (κ2) is 9.69. The minimum Gasteiger partial charge on any atom is -0.392 e. The van der Waals surface area contributed by atoms with Gasteiger partial charge in [-0.15, -0.1) is 9.24 Å². The molecule has 29 heavy (non-hydrogen) atoms. The van der Waals surface area contributed by atoms with Crippen LogP contribution in [0.2, 0.25) is 0 Å². The number of nitrogens with one attached hydrogen (secondary N) is 1. The standard InChI is InChI=1S/C25H35FNOP/c1-25(2,3)15-18-7-9-19-5-4-6-24(23(19)13-18)27-16-21(28)10-8-17-11-20(26)14-22(29)12-17/h7,9,11-14,21,24,27-28H,4-6,8,10,15-16,29H2,1-3H3. The van der Waals surface area contributed by atoms with Gasteiger partial charge < -0.3 is 10.4 Å². The zero-order valence-electron chi connectivity index (χ0n) is 18.0. The van der Waals surface area contributed by atoms with Crippen LogP contribution < -0.4 is 10.6 Å². The summed E-state index contributed by atoms with van der Waals surface area (Å²) in [5, 5.41) is 14.9. The molecule has 0 spiro atoms. The molecular weight excluding hydrogens is 380 g/mol. The molecule has 2 aromatic rings. The summed E-state index contributed by atoms with van der Waals surface area (Å²) in [6, 6.07) is 12.3. The third-order valence-corrected chi connectivity index (χ3v) is 5.94. The number of aryl methyl sites for hydroxylation is 2. The second-order valence-electron chi connectivity index (χ2n) is 9.71. The number of fused-ring (bicyclic) bond motifs is 1. The van der Waals surface area contributed by atoms with E-state index in [1.165, 1.54) is 29.2 Å². The van der Waals surface area contributed by atoms with Gasteiger partial charge in [-0.3, -0.25) is 0 Å². The first-order valence-electron chi connectivity index (χ1n) is 10.8. The average molecular weight is 416 g/mol. The maximum Gasteiger partial charge on any atom is 0.124 e. The molecule has 2 aromatic carbocycles. The lowest BCUT2D eigenvalue weighted by Crippen LogP contribution is -2.32. The molecule has 1 aliphatic carbocycles. The van der Waals surface area contributed by atoms with Crippen LogP contribution in [0.15, 0.2) is 36.4 Å². The van der Waals surface area contributed by atoms with E-state index >= 15 is 0 Å². The molecule has 0 aliphatic heterocycles. The molecule has 3 rings (SSSR count). The highest BCUT2D eigenvalue weighted by molar-refractivity contribution is 7.27. The summed E-state index contributed by atoms with van der Waals surface area (Å²) in [4.78, 5) is 0. The molecular formula is C25H35FNOP. The number of halogens is 1. The fourth-order valence-corrected chi connectivity index (χ4v) is 4.69. The lowest BCUT2D eigenvalue weighted by atomic mass is 9.82. The Bertz CT molecular complexity index is 810. The van der Waals surface area contributed by atoms with E-state index in [2.05, 4.69) is 53.5 Å². The number of hydrogen-bond donors (Lipinski definition) is 2. The maximum atomic E-state index is 13.5. The van der Waals surface area contributed by atoms with Crippen LogP contribution in [0, 0.1) is 11.2 Å². The number of aliphatic hydroxyl groups excluding tert-OH is 1. The van der Waals surface area contributed by atoms with Gasteiger partial charge in [-0.05, 0) is 83.6 Å². The second-order valence-corrected chi connectivity index (χ2v) is 10.4. The Balaban J connectivity index is 1.57. The Kier molecular flexibility index (Phi) is 7.48. The summed E-state index contributed by atoms with van der Waals surface area (Å²) >= 11 is 0. The van der Waals surface area contributed by atoms with E-state index in [1.807, 2.05) is 6.07 Å². The van der Waals surface area contributed by atoms with Crippen molar-refractivity contribution in [2.45, 2.75) is 71.4 Å². The first-order chi connectivity index (χ1) is 13.7. The van der Waals surface area contributed by atoms with Gasteiger partial charge in [-0.2, -0.15) is 0 Å². The number of aliphatic hydroxyl groups is 1. The Morgan fingerprint density at radius 2 is 1.97 bits per heavy atom. The number of benzene rings is 2. The van der Waals surface area contributed by atoms with Crippen molar-refractivity contribution in [3.05, 3.63) is 64.5 Å². The molecule has 0 radical (unpaired) electrons. The molecule has 3 unspecified atom stereocenters. The van der Waals surface area contributed by atoms with Crippen LogP contribution in [-0.2, 0) is 19.3 Å². The van der Waals surface area contributed by atoms with Crippen LogP contribution in [0.4, 0.5) is 4.39 Å². The molecule has 0 fully saturated rings. The van der Waals surface area contributed by atoms with Crippen LogP contribution in [0.25, 0.3) is 0 Å². The van der Waals surface area contributed by atoms with Crippen molar-refractivity contribution in [3.8, 4) is 0 Å². The predicted octanol–water partition coefficient (Wildman–Crippen LogP) is 4.88. The maximum absolute atomic E-state index is 13.5. The molecule has 0 heterocycles. The van der Waals surface area contributed by atoms with E-state index in [9.17, 15) is 9.50 Å². The van der Waals surface area contributed by atoms with Crippen LogP contribution in [0.3, 0.4) is 0 Å². The van der Waals surface area contributed by atoms with Crippen molar-refractivity contribution in [3.63, 3.8) is 0 Å². The predicted molar refractivity (Wildman–Crippen MR) is 123 cm³/mol. The van der Waals surface area contributed by atoms with Crippen LogP contribution in [-0.4, -0.2) is 17.8 Å². The molecule has 4 heteroatoms. The van der Waals surface area contributed by atoms with Gasteiger partial charge in [0.2, 0.25) is 0 Å². The molecule has 0 bridgehead atoms. The number of rotatable bonds is 7. The normalized spacial score (nSPS) is 17.8. The zero-order chi connectivity index (χ0) is 21.0. The summed E-state index contributed by atoms with van der Waals surface area (Å²) < 4.78 is 13.5. The summed E-state index contributed by atoms with van der Waals surface area (Å²) in [6.07, 6.45) is 5.38. The fraction of sp³-hybridized carbons (Fsp3) is 0.520. The average Bonchev–Trinajstić information content (AvgIpc) is 2.62. The highest BCUT2D eigenvalue weighted by Gasteiger charge is 2.22. The van der Waals surface area contributed by atoms with E-state index in [0.29, 0.717) is 25.4 Å². The van der Waals surface area contributed by atoms with Gasteiger partial charge in [0.1, 0.15) is 5.82 Å². The smallest absolute Gasteiger partial charge is 0.124 e. The highest BCUT2D eigenvalue weighted by atomic mass is 31.0. The molecule has 2 N–H and O–H groups in total. The SMILES string of the molecule is CC(C)(C)Cc1ccc2c(c1)C(NCC(O)CCc1cc(F)cc(P)c1)CCC2. The third-order valence-electron chi connectivity index (χ3n) is 5.61. The van der Waals surface area contributed by atoms with Crippen molar-refractivity contribution >= 4 is 14.5 Å². The minimum atomic E-state index is -0.436. The molecule has 0 amide bonds. The largest absolute Gasteiger partial charge is 0.392 e. The molecule has 0 aromatic heterocycles. The van der Waals surface area contributed by atoms with Gasteiger partial charge in [0, 0.05) is 12.6 Å². The highest BCUT2D eigenvalue weighted by Crippen LogP contribution is 2.32. The molecule has 1 aliphatic rings. The van der Waals surface area contributed by atoms with Gasteiger partial charge in [-0.25, -0.2) is 4.39 Å². The topological polar surface area (TPSA) is 32.3 Å². The van der Waals surface area contributed by atoms with E-state index in [-0.39, 0.29) is 11.2 Å². The molecule has 0 saturated heterocycles. The lowest BCUT2D eigenvalue weighted by Gasteiger charge is -2.29. The Morgan fingerprint density at radius 3 is 2.69 bits per heavy atom. The van der Waals surface area contributed by atoms with Gasteiger partial charge in [-0.1, -0.05) is 45.0 Å². The summed E-state index contributed by atoms with van der Waals surface area (Å²) in [5.41, 5.74) is 5.45. The molecule has 3 atom stereocenters. The van der Waals surface area contributed by atoms with Crippen LogP contribution in [0.1, 0.15) is 68.3 Å². The first kappa shape index (κ1) is 22.4. The monoisotopic (exact) mass is 415 g/mol. The minimum absolute atomic E-state index is 0.218. The van der Waals surface area contributed by atoms with E-state index in [4.69, 9.17) is 0 Å². The van der Waals surface area contributed by atoms with Gasteiger partial charge >= 0.3 is 0 Å². The first-order valence-corrected chi connectivity index (χ1v) is 11.4. The Morgan fingerprint density at radius 1 is 1.17 bits per heavy atom. The Labute approximate surface area is 177 Å². The zero-order valence-corrected chi connectivity index (χ0v) is 19.1. The van der Waals surface area contributed by atoms with Crippen molar-refractivity contribution in [1.29, 1.82) is 0 Å². The van der Waals surface area contributed by atoms with Crippen molar-refractivity contribution < 1.29 is 9.50 Å². The Hall–Kier alpha value is -1.28. The quantitative estimate of drug-likeness (QED) is 0.632. The molecule has 158 valence electrons. The summed E-state index contributed by atoms with van der Waals surface area (Å²) in [7, 11) is 2.54. The van der Waals surface area contributed by atoms with E-state index in [1.54, 1.807) is 6.07 Å². The van der Waals surface area contributed by atoms with E-state index in [0.717, 1.165) is 30.1 Å². The van der Waals surface area contributed by atoms with Gasteiger partial charge in [0.25, 0.3) is 0 Å². The third kappa shape index (κ3) is 6.88. The lowest BCUT2D eigenvalue weighted by molar-refractivity contribution is 0.156. The summed E-state index contributed by atoms with van der Waals surface area (Å²) in [5.74, 6) is -0.218. The van der Waals surface area contributed by atoms with Crippen molar-refractivity contribution in [2.75, 3.05) is 6.54 Å². The van der Waals surface area contributed by atoms with Crippen LogP contribution >= 0.6 is 9.24 Å². The van der Waals surface area contributed by atoms with Gasteiger partial charge in [0.05, 0.1) is 6.10 Å². The van der Waals surface area contributed by atoms with E-state index < -0.39 is 6.10 Å². The van der Waals surface area contributed by atoms with Crippen LogP contribution in [0.5, 0.6) is 0 Å². The van der Waals surface area contributed by atoms with Crippen molar-refractivity contribution in [1.82, 2.24) is 5.32 Å². The van der Waals surface area contributed by atoms with Gasteiger partial charge in [0.15, 0.2) is 0 Å². The summed E-state index contributed by atoms with van der Waals surface area (Å²) in [6.45, 7) is 7.39.